The Morgan fingerprint density at radius 3 is 2.60 bits per heavy atom. The Labute approximate surface area is 129 Å². The quantitative estimate of drug-likeness (QED) is 0.753. The Morgan fingerprint density at radius 1 is 1.20 bits per heavy atom. The number of methoxy groups -OCH3 is 1. The van der Waals surface area contributed by atoms with Gasteiger partial charge in [-0.1, -0.05) is 18.9 Å². The molecule has 1 heterocycles. The van der Waals surface area contributed by atoms with E-state index >= 15 is 0 Å². The summed E-state index contributed by atoms with van der Waals surface area (Å²) in [6.07, 6.45) is 4.15. The predicted molar refractivity (Wildman–Crippen MR) is 86.8 cm³/mol. The molecule has 5 heteroatoms. The van der Waals surface area contributed by atoms with Gasteiger partial charge in [0, 0.05) is 18.1 Å². The fourth-order valence-electron chi connectivity index (χ4n) is 2.47. The van der Waals surface area contributed by atoms with Crippen LogP contribution in [0.3, 0.4) is 0 Å². The summed E-state index contributed by atoms with van der Waals surface area (Å²) < 4.78 is 5.31. The molecular formula is C15H22O3S2. The van der Waals surface area contributed by atoms with E-state index in [1.807, 2.05) is 35.7 Å². The van der Waals surface area contributed by atoms with E-state index in [2.05, 4.69) is 0 Å². The Morgan fingerprint density at radius 2 is 1.95 bits per heavy atom. The van der Waals surface area contributed by atoms with Gasteiger partial charge < -0.3 is 14.9 Å². The molecule has 1 fully saturated rings. The highest BCUT2D eigenvalue weighted by molar-refractivity contribution is 8.20. The number of phenols is 1. The number of thioether (sulfide) groups is 2. The van der Waals surface area contributed by atoms with Crippen LogP contribution < -0.4 is 4.74 Å². The molecule has 20 heavy (non-hydrogen) atoms. The molecule has 2 N–H and O–H groups in total. The van der Waals surface area contributed by atoms with Crippen molar-refractivity contribution in [2.75, 3.05) is 25.2 Å². The minimum atomic E-state index is 0.0798. The number of rotatable bonds is 7. The van der Waals surface area contributed by atoms with E-state index in [1.165, 1.54) is 5.56 Å². The van der Waals surface area contributed by atoms with Crippen molar-refractivity contribution in [3.63, 3.8) is 0 Å². The van der Waals surface area contributed by atoms with Crippen LogP contribution in [0.4, 0.5) is 0 Å². The van der Waals surface area contributed by atoms with Crippen molar-refractivity contribution >= 4 is 23.5 Å². The molecule has 0 amide bonds. The second-order valence-electron chi connectivity index (χ2n) is 4.87. The molecule has 112 valence electrons. The van der Waals surface area contributed by atoms with Gasteiger partial charge in [-0.05, 0) is 30.5 Å². The van der Waals surface area contributed by atoms with Crippen LogP contribution in [0.2, 0.25) is 0 Å². The van der Waals surface area contributed by atoms with Crippen molar-refractivity contribution in [2.24, 2.45) is 0 Å². The van der Waals surface area contributed by atoms with Crippen molar-refractivity contribution in [1.29, 1.82) is 0 Å². The smallest absolute Gasteiger partial charge is 0.160 e. The lowest BCUT2D eigenvalue weighted by atomic mass is 10.0. The number of phenolic OH excluding ortho intramolecular Hbond substituents is 1. The molecular weight excluding hydrogens is 292 g/mol. The number of aromatic hydroxyl groups is 1. The molecule has 0 bridgehead atoms. The van der Waals surface area contributed by atoms with Gasteiger partial charge in [-0.2, -0.15) is 0 Å². The zero-order chi connectivity index (χ0) is 14.4. The van der Waals surface area contributed by atoms with Gasteiger partial charge in [-0.15, -0.1) is 23.5 Å². The number of aliphatic hydroxyl groups excluding tert-OH is 1. The highest BCUT2D eigenvalue weighted by atomic mass is 32.2. The van der Waals surface area contributed by atoms with Crippen LogP contribution in [0.5, 0.6) is 11.5 Å². The van der Waals surface area contributed by atoms with Crippen molar-refractivity contribution in [3.05, 3.63) is 23.8 Å². The predicted octanol–water partition coefficient (Wildman–Crippen LogP) is 3.59. The van der Waals surface area contributed by atoms with Crippen LogP contribution >= 0.6 is 23.5 Å². The average Bonchev–Trinajstić information content (AvgIpc) is 2.94. The van der Waals surface area contributed by atoms with Gasteiger partial charge >= 0.3 is 0 Å². The maximum Gasteiger partial charge on any atom is 0.160 e. The van der Waals surface area contributed by atoms with E-state index in [4.69, 9.17) is 9.84 Å². The van der Waals surface area contributed by atoms with Gasteiger partial charge in [-0.3, -0.25) is 0 Å². The third-order valence-electron chi connectivity index (χ3n) is 3.54. The molecule has 1 aliphatic rings. The van der Waals surface area contributed by atoms with Gasteiger partial charge in [-0.25, -0.2) is 0 Å². The normalized spacial score (nSPS) is 17.3. The van der Waals surface area contributed by atoms with Crippen molar-refractivity contribution in [3.8, 4) is 11.5 Å². The third-order valence-corrected chi connectivity index (χ3v) is 7.13. The van der Waals surface area contributed by atoms with Crippen LogP contribution in [0.25, 0.3) is 0 Å². The summed E-state index contributed by atoms with van der Waals surface area (Å²) in [7, 11) is 1.59. The summed E-state index contributed by atoms with van der Waals surface area (Å²) >= 11 is 3.98. The summed E-state index contributed by atoms with van der Waals surface area (Å²) in [5, 5.41) is 18.6. The van der Waals surface area contributed by atoms with Gasteiger partial charge in [0.15, 0.2) is 11.5 Å². The zero-order valence-electron chi connectivity index (χ0n) is 11.8. The first-order chi connectivity index (χ1) is 9.72. The van der Waals surface area contributed by atoms with Crippen LogP contribution in [0.15, 0.2) is 18.2 Å². The Hall–Kier alpha value is -0.520. The van der Waals surface area contributed by atoms with Gasteiger partial charge in [0.2, 0.25) is 0 Å². The Kier molecular flexibility index (Phi) is 5.93. The molecule has 0 atom stereocenters. The lowest BCUT2D eigenvalue weighted by molar-refractivity contribution is 0.282. The first-order valence-electron chi connectivity index (χ1n) is 6.98. The van der Waals surface area contributed by atoms with E-state index in [1.54, 1.807) is 13.2 Å². The van der Waals surface area contributed by atoms with E-state index < -0.39 is 0 Å². The maximum atomic E-state index is 9.74. The van der Waals surface area contributed by atoms with E-state index in [-0.39, 0.29) is 16.4 Å². The molecule has 1 aliphatic heterocycles. The van der Waals surface area contributed by atoms with Crippen molar-refractivity contribution < 1.29 is 14.9 Å². The van der Waals surface area contributed by atoms with Crippen molar-refractivity contribution in [1.82, 2.24) is 0 Å². The molecule has 0 saturated carbocycles. The lowest BCUT2D eigenvalue weighted by Gasteiger charge is -2.28. The molecule has 0 aliphatic carbocycles. The monoisotopic (exact) mass is 314 g/mol. The van der Waals surface area contributed by atoms with Crippen LogP contribution in [0, 0.1) is 0 Å². The minimum absolute atomic E-state index is 0.0798. The van der Waals surface area contributed by atoms with E-state index in [9.17, 15) is 5.11 Å². The molecule has 3 nitrogen and oxygen atoms in total. The summed E-state index contributed by atoms with van der Waals surface area (Å²) in [4.78, 5) is 0. The molecule has 2 rings (SSSR count). The summed E-state index contributed by atoms with van der Waals surface area (Å²) in [5.74, 6) is 3.06. The zero-order valence-corrected chi connectivity index (χ0v) is 13.4. The Bertz CT molecular complexity index is 431. The van der Waals surface area contributed by atoms with Gasteiger partial charge in [0.25, 0.3) is 0 Å². The number of benzene rings is 1. The number of ether oxygens (including phenoxy) is 1. The van der Waals surface area contributed by atoms with Crippen LogP contribution in [-0.4, -0.2) is 35.4 Å². The van der Waals surface area contributed by atoms with Crippen molar-refractivity contribution in [2.45, 2.75) is 29.8 Å². The summed E-state index contributed by atoms with van der Waals surface area (Å²) in [5.41, 5.74) is 1.23. The molecule has 0 unspecified atom stereocenters. The number of unbranched alkanes of at least 4 members (excludes halogenated alkanes) is 2. The molecule has 1 saturated heterocycles. The lowest BCUT2D eigenvalue weighted by Crippen LogP contribution is -2.14. The fraction of sp³-hybridized carbons (Fsp3) is 0.600. The first-order valence-corrected chi connectivity index (χ1v) is 8.95. The van der Waals surface area contributed by atoms with E-state index in [0.29, 0.717) is 5.75 Å². The van der Waals surface area contributed by atoms with Gasteiger partial charge in [0.05, 0.1) is 11.2 Å². The Balaban J connectivity index is 2.15. The van der Waals surface area contributed by atoms with Gasteiger partial charge in [0.1, 0.15) is 0 Å². The summed E-state index contributed by atoms with van der Waals surface area (Å²) in [6.45, 7) is 0.278. The highest BCUT2D eigenvalue weighted by Crippen LogP contribution is 2.55. The van der Waals surface area contributed by atoms with Crippen LogP contribution in [0.1, 0.15) is 31.2 Å². The first kappa shape index (κ1) is 15.9. The largest absolute Gasteiger partial charge is 0.504 e. The SMILES string of the molecule is COc1cc(C2(CCCCCO)SCCS2)ccc1O. The minimum Gasteiger partial charge on any atom is -0.504 e. The summed E-state index contributed by atoms with van der Waals surface area (Å²) in [6, 6.07) is 5.70. The molecule has 0 radical (unpaired) electrons. The molecule has 1 aromatic carbocycles. The number of hydrogen-bond acceptors (Lipinski definition) is 5. The average molecular weight is 314 g/mol. The second-order valence-corrected chi connectivity index (χ2v) is 7.92. The number of hydrogen-bond donors (Lipinski definition) is 2. The third kappa shape index (κ3) is 3.57. The molecule has 0 spiro atoms. The standard InChI is InChI=1S/C15H22O3S2/c1-18-14-11-12(5-6-13(14)17)15(19-9-10-20-15)7-3-2-4-8-16/h5-6,11,16-17H,2-4,7-10H2,1H3. The maximum absolute atomic E-state index is 9.74. The number of aliphatic hydroxyl groups is 1. The molecule has 1 aromatic rings. The van der Waals surface area contributed by atoms with Crippen LogP contribution in [-0.2, 0) is 4.08 Å². The fourth-order valence-corrected chi connectivity index (χ4v) is 5.80. The molecule has 0 aromatic heterocycles. The van der Waals surface area contributed by atoms with E-state index in [0.717, 1.165) is 37.2 Å². The second kappa shape index (κ2) is 7.48. The topological polar surface area (TPSA) is 49.7 Å². The highest BCUT2D eigenvalue weighted by Gasteiger charge is 2.37.